The molecular weight excluding hydrogens is 266 g/mol. The summed E-state index contributed by atoms with van der Waals surface area (Å²) in [5.41, 5.74) is 2.13. The van der Waals surface area contributed by atoms with Crippen molar-refractivity contribution >= 4 is 18.0 Å². The maximum atomic E-state index is 12.3. The maximum Gasteiger partial charge on any atom is 0.328 e. The van der Waals surface area contributed by atoms with Gasteiger partial charge in [-0.05, 0) is 38.3 Å². The normalized spacial score (nSPS) is 18.2. The highest BCUT2D eigenvalue weighted by molar-refractivity contribution is 5.95. The van der Waals surface area contributed by atoms with Gasteiger partial charge in [0.25, 0.3) is 0 Å². The van der Waals surface area contributed by atoms with Gasteiger partial charge < -0.3 is 9.64 Å². The molecule has 1 heterocycles. The first kappa shape index (κ1) is 15.3. The molecule has 1 aliphatic heterocycles. The lowest BCUT2D eigenvalue weighted by molar-refractivity contribution is -0.151. The second kappa shape index (κ2) is 7.07. The van der Waals surface area contributed by atoms with E-state index in [9.17, 15) is 9.59 Å². The average Bonchev–Trinajstić information content (AvgIpc) is 2.94. The molecule has 21 heavy (non-hydrogen) atoms. The van der Waals surface area contributed by atoms with Crippen LogP contribution in [0.25, 0.3) is 6.08 Å². The van der Waals surface area contributed by atoms with Crippen LogP contribution in [-0.2, 0) is 14.3 Å². The molecule has 1 saturated heterocycles. The van der Waals surface area contributed by atoms with Gasteiger partial charge in [-0.25, -0.2) is 4.79 Å². The SMILES string of the molecule is CCOC(=O)C1CCCN1C(=O)C=Cc1cccc(C)c1. The van der Waals surface area contributed by atoms with E-state index in [1.165, 1.54) is 6.08 Å². The molecule has 1 aromatic carbocycles. The number of ether oxygens (including phenoxy) is 1. The molecule has 1 fully saturated rings. The third-order valence-electron chi connectivity index (χ3n) is 3.56. The van der Waals surface area contributed by atoms with Crippen LogP contribution >= 0.6 is 0 Å². The Kier molecular flexibility index (Phi) is 5.14. The Morgan fingerprint density at radius 2 is 2.24 bits per heavy atom. The summed E-state index contributed by atoms with van der Waals surface area (Å²) in [6, 6.07) is 7.49. The highest BCUT2D eigenvalue weighted by Gasteiger charge is 2.33. The summed E-state index contributed by atoms with van der Waals surface area (Å²) in [6.45, 7) is 4.74. The average molecular weight is 287 g/mol. The van der Waals surface area contributed by atoms with Crippen LogP contribution in [0.5, 0.6) is 0 Å². The van der Waals surface area contributed by atoms with E-state index < -0.39 is 6.04 Å². The summed E-state index contributed by atoms with van der Waals surface area (Å²) in [7, 11) is 0. The van der Waals surface area contributed by atoms with Crippen LogP contribution in [-0.4, -0.2) is 36.0 Å². The summed E-state index contributed by atoms with van der Waals surface area (Å²) >= 11 is 0. The van der Waals surface area contributed by atoms with Crippen LogP contribution in [0.3, 0.4) is 0 Å². The van der Waals surface area contributed by atoms with Crippen LogP contribution in [0, 0.1) is 6.92 Å². The molecule has 1 aliphatic rings. The van der Waals surface area contributed by atoms with E-state index in [1.54, 1.807) is 17.9 Å². The van der Waals surface area contributed by atoms with Gasteiger partial charge in [-0.15, -0.1) is 0 Å². The van der Waals surface area contributed by atoms with Crippen molar-refractivity contribution in [3.8, 4) is 0 Å². The Morgan fingerprint density at radius 1 is 1.43 bits per heavy atom. The summed E-state index contributed by atoms with van der Waals surface area (Å²) in [5.74, 6) is -0.431. The number of hydrogen-bond donors (Lipinski definition) is 0. The van der Waals surface area contributed by atoms with Crippen molar-refractivity contribution in [2.75, 3.05) is 13.2 Å². The molecule has 0 bridgehead atoms. The van der Waals surface area contributed by atoms with Gasteiger partial charge in [0.2, 0.25) is 5.91 Å². The van der Waals surface area contributed by atoms with E-state index in [0.29, 0.717) is 19.6 Å². The van der Waals surface area contributed by atoms with Crippen molar-refractivity contribution in [2.24, 2.45) is 0 Å². The zero-order chi connectivity index (χ0) is 15.2. The number of esters is 1. The number of carbonyl (C=O) groups excluding carboxylic acids is 2. The zero-order valence-corrected chi connectivity index (χ0v) is 12.5. The monoisotopic (exact) mass is 287 g/mol. The smallest absolute Gasteiger partial charge is 0.328 e. The lowest BCUT2D eigenvalue weighted by Crippen LogP contribution is -2.40. The highest BCUT2D eigenvalue weighted by atomic mass is 16.5. The topological polar surface area (TPSA) is 46.6 Å². The Balaban J connectivity index is 2.03. The Bertz CT molecular complexity index is 551. The van der Waals surface area contributed by atoms with E-state index in [0.717, 1.165) is 17.5 Å². The van der Waals surface area contributed by atoms with Crippen molar-refractivity contribution < 1.29 is 14.3 Å². The van der Waals surface area contributed by atoms with Gasteiger partial charge in [0.1, 0.15) is 6.04 Å². The summed E-state index contributed by atoms with van der Waals surface area (Å²) in [4.78, 5) is 25.7. The van der Waals surface area contributed by atoms with Crippen molar-refractivity contribution in [1.82, 2.24) is 4.90 Å². The van der Waals surface area contributed by atoms with Crippen molar-refractivity contribution in [1.29, 1.82) is 0 Å². The van der Waals surface area contributed by atoms with Crippen molar-refractivity contribution in [3.05, 3.63) is 41.5 Å². The number of hydrogen-bond acceptors (Lipinski definition) is 3. The van der Waals surface area contributed by atoms with Gasteiger partial charge in [0.15, 0.2) is 0 Å². The number of nitrogens with zero attached hydrogens (tertiary/aromatic N) is 1. The standard InChI is InChI=1S/C17H21NO3/c1-3-21-17(20)15-8-5-11-18(15)16(19)10-9-14-7-4-6-13(2)12-14/h4,6-7,9-10,12,15H,3,5,8,11H2,1-2H3. The fourth-order valence-electron chi connectivity index (χ4n) is 2.55. The van der Waals surface area contributed by atoms with Gasteiger partial charge >= 0.3 is 5.97 Å². The minimum absolute atomic E-state index is 0.132. The molecule has 2 rings (SSSR count). The van der Waals surface area contributed by atoms with E-state index in [-0.39, 0.29) is 11.9 Å². The number of likely N-dealkylation sites (tertiary alicyclic amines) is 1. The molecule has 0 aromatic heterocycles. The molecule has 1 atom stereocenters. The fraction of sp³-hybridized carbons (Fsp3) is 0.412. The fourth-order valence-corrected chi connectivity index (χ4v) is 2.55. The van der Waals surface area contributed by atoms with Crippen LogP contribution in [0.1, 0.15) is 30.9 Å². The molecule has 0 spiro atoms. The zero-order valence-electron chi connectivity index (χ0n) is 12.5. The molecule has 0 N–H and O–H groups in total. The Morgan fingerprint density at radius 3 is 2.95 bits per heavy atom. The molecule has 1 aromatic rings. The number of amides is 1. The highest BCUT2D eigenvalue weighted by Crippen LogP contribution is 2.19. The summed E-state index contributed by atoms with van der Waals surface area (Å²) < 4.78 is 5.03. The van der Waals surface area contributed by atoms with Gasteiger partial charge in [-0.3, -0.25) is 4.79 Å². The van der Waals surface area contributed by atoms with Gasteiger partial charge in [-0.2, -0.15) is 0 Å². The first-order valence-corrected chi connectivity index (χ1v) is 7.34. The summed E-state index contributed by atoms with van der Waals surface area (Å²) in [5, 5.41) is 0. The number of rotatable bonds is 4. The molecule has 0 radical (unpaired) electrons. The van der Waals surface area contributed by atoms with Crippen molar-refractivity contribution in [2.45, 2.75) is 32.7 Å². The molecular formula is C17H21NO3. The Labute approximate surface area is 125 Å². The largest absolute Gasteiger partial charge is 0.464 e. The second-order valence-corrected chi connectivity index (χ2v) is 5.19. The lowest BCUT2D eigenvalue weighted by Gasteiger charge is -2.21. The van der Waals surface area contributed by atoms with E-state index in [2.05, 4.69) is 0 Å². The van der Waals surface area contributed by atoms with Gasteiger partial charge in [-0.1, -0.05) is 29.8 Å². The molecule has 1 unspecified atom stereocenters. The van der Waals surface area contributed by atoms with Crippen LogP contribution in [0.15, 0.2) is 30.3 Å². The predicted molar refractivity (Wildman–Crippen MR) is 81.6 cm³/mol. The number of carbonyl (C=O) groups is 2. The summed E-state index contributed by atoms with van der Waals surface area (Å²) in [6.07, 6.45) is 4.85. The van der Waals surface area contributed by atoms with Crippen LogP contribution in [0.4, 0.5) is 0 Å². The predicted octanol–water partition coefficient (Wildman–Crippen LogP) is 2.56. The maximum absolute atomic E-state index is 12.3. The molecule has 4 nitrogen and oxygen atoms in total. The van der Waals surface area contributed by atoms with Crippen LogP contribution < -0.4 is 0 Å². The molecule has 4 heteroatoms. The van der Waals surface area contributed by atoms with Crippen LogP contribution in [0.2, 0.25) is 0 Å². The molecule has 0 aliphatic carbocycles. The minimum Gasteiger partial charge on any atom is -0.464 e. The molecule has 1 amide bonds. The van der Waals surface area contributed by atoms with E-state index in [1.807, 2.05) is 31.2 Å². The van der Waals surface area contributed by atoms with E-state index >= 15 is 0 Å². The Hall–Kier alpha value is -2.10. The minimum atomic E-state index is -0.431. The number of benzene rings is 1. The first-order chi connectivity index (χ1) is 10.1. The first-order valence-electron chi connectivity index (χ1n) is 7.34. The third kappa shape index (κ3) is 3.94. The molecule has 0 saturated carbocycles. The van der Waals surface area contributed by atoms with Gasteiger partial charge in [0.05, 0.1) is 6.61 Å². The quantitative estimate of drug-likeness (QED) is 0.631. The van der Waals surface area contributed by atoms with E-state index in [4.69, 9.17) is 4.74 Å². The van der Waals surface area contributed by atoms with Crippen molar-refractivity contribution in [3.63, 3.8) is 0 Å². The second-order valence-electron chi connectivity index (χ2n) is 5.19. The van der Waals surface area contributed by atoms with Gasteiger partial charge in [0, 0.05) is 12.6 Å². The number of aryl methyl sites for hydroxylation is 1. The third-order valence-corrected chi connectivity index (χ3v) is 3.56. The molecule has 112 valence electrons. The lowest BCUT2D eigenvalue weighted by atomic mass is 10.1.